The molecular weight excluding hydrogens is 1010 g/mol. The molecule has 0 bridgehead atoms. The van der Waals surface area contributed by atoms with E-state index in [-0.39, 0.29) is 49.9 Å². The third kappa shape index (κ3) is 17.8. The van der Waals surface area contributed by atoms with Crippen molar-refractivity contribution in [3.63, 3.8) is 0 Å². The molecule has 0 aliphatic carbocycles. The van der Waals surface area contributed by atoms with Crippen molar-refractivity contribution in [1.82, 2.24) is 19.4 Å². The molecule has 22 heteroatoms. The first-order valence-electron chi connectivity index (χ1n) is 24.1. The van der Waals surface area contributed by atoms with Gasteiger partial charge in [-0.15, -0.1) is 0 Å². The van der Waals surface area contributed by atoms with Gasteiger partial charge in [0.05, 0.1) is 21.6 Å². The van der Waals surface area contributed by atoms with E-state index in [1.807, 2.05) is 60.7 Å². The van der Waals surface area contributed by atoms with Gasteiger partial charge in [-0.05, 0) is 124 Å². The first kappa shape index (κ1) is 56.7. The molecule has 0 saturated carbocycles. The van der Waals surface area contributed by atoms with Crippen LogP contribution in [0, 0.1) is 0 Å². The highest BCUT2D eigenvalue weighted by molar-refractivity contribution is 7.91. The van der Waals surface area contributed by atoms with Crippen molar-refractivity contribution in [1.29, 1.82) is 0 Å². The van der Waals surface area contributed by atoms with Crippen LogP contribution in [-0.4, -0.2) is 124 Å². The first-order valence-corrected chi connectivity index (χ1v) is 27.6. The number of rotatable bonds is 11. The van der Waals surface area contributed by atoms with E-state index in [4.69, 9.17) is 18.9 Å². The van der Waals surface area contributed by atoms with Gasteiger partial charge in [-0.1, -0.05) is 60.7 Å². The van der Waals surface area contributed by atoms with E-state index in [0.717, 1.165) is 61.3 Å². The van der Waals surface area contributed by atoms with Crippen molar-refractivity contribution in [2.24, 2.45) is 0 Å². The second-order valence-electron chi connectivity index (χ2n) is 18.2. The molecule has 14 nitrogen and oxygen atoms in total. The number of carbonyl (C=O) groups excluding carboxylic acids is 2. The number of carbonyl (C=O) groups is 2. The number of alkyl halides is 6. The summed E-state index contributed by atoms with van der Waals surface area (Å²) in [6.07, 6.45) is -4.10. The highest BCUT2D eigenvalue weighted by atomic mass is 32.2. The molecule has 0 aromatic heterocycles. The Morgan fingerprint density at radius 3 is 1.26 bits per heavy atom. The summed E-state index contributed by atoms with van der Waals surface area (Å²) in [7, 11) is -6.54. The molecule has 0 atom stereocenters. The number of amides is 2. The van der Waals surface area contributed by atoms with Crippen LogP contribution in [0.4, 0.5) is 35.9 Å². The van der Waals surface area contributed by atoms with Crippen LogP contribution in [0.15, 0.2) is 109 Å². The molecule has 1 N–H and O–H groups in total. The van der Waals surface area contributed by atoms with E-state index in [1.165, 1.54) is 34.8 Å². The normalized spacial score (nSPS) is 18.1. The number of ether oxygens (including phenoxy) is 4. The highest BCUT2D eigenvalue weighted by Crippen LogP contribution is 2.33. The standard InChI is InChI=1S/C25H29F3N2O5S.C14H19NO4S.C12H14F3NO/c26-25(27,28)20-6-8-21(9-7-20)35-22-10-16-30(17-11-22)36(32,33)23-12-14-29(15-13-23)24(31)34-18-19-4-2-1-3-5-19;1-20(17,18)13-7-9-15(10-8-13)14(16)19-11-12-5-3-2-4-6-12;13-12(14,15)9-1-3-10(4-2-9)17-11-5-7-16-8-6-11/h1-9,22-23H,10-18H2;2-6,13H,7-11H2,1H3;1-4,11,16H,5-8H2. The summed E-state index contributed by atoms with van der Waals surface area (Å²) in [4.78, 5) is 27.4. The van der Waals surface area contributed by atoms with Gasteiger partial charge in [-0.3, -0.25) is 0 Å². The van der Waals surface area contributed by atoms with E-state index in [2.05, 4.69) is 5.32 Å². The molecule has 0 radical (unpaired) electrons. The van der Waals surface area contributed by atoms with Crippen LogP contribution >= 0.6 is 0 Å². The van der Waals surface area contributed by atoms with Gasteiger partial charge in [0, 0.05) is 45.5 Å². The molecule has 4 saturated heterocycles. The van der Waals surface area contributed by atoms with Crippen molar-refractivity contribution in [3.05, 3.63) is 131 Å². The smallest absolute Gasteiger partial charge is 0.416 e. The molecule has 4 heterocycles. The second kappa shape index (κ2) is 26.1. The van der Waals surface area contributed by atoms with Crippen LogP contribution in [0.3, 0.4) is 0 Å². The molecular formula is C51H62F6N4O10S2. The predicted molar refractivity (Wildman–Crippen MR) is 261 cm³/mol. The summed E-state index contributed by atoms with van der Waals surface area (Å²) >= 11 is 0. The lowest BCUT2D eigenvalue weighted by atomic mass is 10.1. The van der Waals surface area contributed by atoms with Crippen molar-refractivity contribution in [2.75, 3.05) is 58.6 Å². The summed E-state index contributed by atoms with van der Waals surface area (Å²) in [6.45, 7) is 4.26. The van der Waals surface area contributed by atoms with E-state index in [1.54, 1.807) is 9.80 Å². The van der Waals surface area contributed by atoms with Crippen LogP contribution in [0.2, 0.25) is 0 Å². The van der Waals surface area contributed by atoms with Gasteiger partial charge in [0.25, 0.3) is 0 Å². The number of hydrogen-bond donors (Lipinski definition) is 1. The van der Waals surface area contributed by atoms with Gasteiger partial charge in [0.1, 0.15) is 46.8 Å². The molecule has 4 aliphatic rings. The SMILES string of the molecule is CS(=O)(=O)C1CCN(C(=O)OCc2ccccc2)CC1.FC(F)(F)c1ccc(OC2CCNCC2)cc1.O=C(OCc1ccccc1)N1CCC(S(=O)(=O)N2CCC(Oc3ccc(C(F)(F)F)cc3)CC2)CC1. The number of benzene rings is 4. The van der Waals surface area contributed by atoms with Gasteiger partial charge in [0.15, 0.2) is 0 Å². The lowest BCUT2D eigenvalue weighted by Gasteiger charge is -2.37. The van der Waals surface area contributed by atoms with Crippen molar-refractivity contribution >= 4 is 32.0 Å². The molecule has 0 spiro atoms. The third-order valence-electron chi connectivity index (χ3n) is 12.9. The molecule has 4 aromatic carbocycles. The quantitative estimate of drug-likeness (QED) is 0.143. The minimum Gasteiger partial charge on any atom is -0.490 e. The number of nitrogens with one attached hydrogen (secondary N) is 1. The van der Waals surface area contributed by atoms with Crippen molar-refractivity contribution in [3.8, 4) is 11.5 Å². The number of sulfonamides is 1. The highest BCUT2D eigenvalue weighted by Gasteiger charge is 2.38. The van der Waals surface area contributed by atoms with Gasteiger partial charge >= 0.3 is 24.5 Å². The topological polar surface area (TPSA) is 161 Å². The minimum atomic E-state index is -4.41. The Morgan fingerprint density at radius 2 is 0.890 bits per heavy atom. The number of piperidine rings is 4. The lowest BCUT2D eigenvalue weighted by molar-refractivity contribution is -0.138. The van der Waals surface area contributed by atoms with Crippen LogP contribution in [0.1, 0.15) is 73.6 Å². The number of nitrogens with zero attached hydrogens (tertiary/aromatic N) is 3. The van der Waals surface area contributed by atoms with Crippen LogP contribution < -0.4 is 14.8 Å². The summed E-state index contributed by atoms with van der Waals surface area (Å²) in [5.41, 5.74) is 0.433. The summed E-state index contributed by atoms with van der Waals surface area (Å²) in [5.74, 6) is 0.834. The lowest BCUT2D eigenvalue weighted by Crippen LogP contribution is -2.49. The molecule has 4 aliphatic heterocycles. The molecule has 4 fully saturated rings. The largest absolute Gasteiger partial charge is 0.490 e. The molecule has 8 rings (SSSR count). The van der Waals surface area contributed by atoms with Gasteiger partial charge in [-0.2, -0.15) is 26.3 Å². The van der Waals surface area contributed by atoms with Crippen molar-refractivity contribution in [2.45, 2.75) is 99.6 Å². The average molecular weight is 1070 g/mol. The fraction of sp³-hybridized carbons (Fsp3) is 0.490. The van der Waals surface area contributed by atoms with Crippen LogP contribution in [0.5, 0.6) is 11.5 Å². The Kier molecular flexibility index (Phi) is 20.3. The monoisotopic (exact) mass is 1070 g/mol. The summed E-state index contributed by atoms with van der Waals surface area (Å²) in [5, 5.41) is 2.30. The fourth-order valence-electron chi connectivity index (χ4n) is 8.58. The number of halogens is 6. The zero-order chi connectivity index (χ0) is 52.7. The molecule has 2 amide bonds. The van der Waals surface area contributed by atoms with Crippen molar-refractivity contribution < 1.29 is 71.7 Å². The Labute approximate surface area is 422 Å². The molecule has 0 unspecified atom stereocenters. The number of sulfone groups is 1. The zero-order valence-electron chi connectivity index (χ0n) is 40.4. The zero-order valence-corrected chi connectivity index (χ0v) is 42.1. The van der Waals surface area contributed by atoms with E-state index >= 15 is 0 Å². The van der Waals surface area contributed by atoms with E-state index in [0.29, 0.717) is 76.2 Å². The summed E-state index contributed by atoms with van der Waals surface area (Å²) in [6, 6.07) is 28.2. The van der Waals surface area contributed by atoms with E-state index in [9.17, 15) is 52.8 Å². The Bertz CT molecular complexity index is 2550. The fourth-order valence-corrected chi connectivity index (χ4v) is 11.6. The maximum Gasteiger partial charge on any atom is 0.416 e. The van der Waals surface area contributed by atoms with Gasteiger partial charge < -0.3 is 34.1 Å². The molecule has 73 heavy (non-hydrogen) atoms. The predicted octanol–water partition coefficient (Wildman–Crippen LogP) is 9.35. The Hall–Kier alpha value is -5.58. The first-order chi connectivity index (χ1) is 34.6. The maximum atomic E-state index is 13.2. The molecule has 400 valence electrons. The Morgan fingerprint density at radius 1 is 0.521 bits per heavy atom. The number of likely N-dealkylation sites (tertiary alicyclic amines) is 2. The Balaban J connectivity index is 0.000000197. The van der Waals surface area contributed by atoms with Crippen LogP contribution in [-0.2, 0) is 54.9 Å². The van der Waals surface area contributed by atoms with Gasteiger partial charge in [0.2, 0.25) is 10.0 Å². The van der Waals surface area contributed by atoms with E-state index < -0.39 is 54.7 Å². The minimum absolute atomic E-state index is 0.105. The molecule has 4 aromatic rings. The van der Waals surface area contributed by atoms with Gasteiger partial charge in [-0.25, -0.2) is 30.7 Å². The number of hydrogen-bond acceptors (Lipinski definition) is 11. The average Bonchev–Trinajstić information content (AvgIpc) is 3.38. The summed E-state index contributed by atoms with van der Waals surface area (Å²) < 4.78 is 148. The third-order valence-corrected chi connectivity index (χ3v) is 16.9. The van der Waals surface area contributed by atoms with Crippen LogP contribution in [0.25, 0.3) is 0 Å². The maximum absolute atomic E-state index is 13.2. The second-order valence-corrected chi connectivity index (χ2v) is 22.7.